The van der Waals surface area contributed by atoms with Gasteiger partial charge in [0.2, 0.25) is 5.91 Å². The van der Waals surface area contributed by atoms with Crippen LogP contribution in [-0.4, -0.2) is 39.9 Å². The summed E-state index contributed by atoms with van der Waals surface area (Å²) in [6.45, 7) is 5.00. The van der Waals surface area contributed by atoms with Crippen molar-refractivity contribution in [3.8, 4) is 0 Å². The van der Waals surface area contributed by atoms with Crippen molar-refractivity contribution >= 4 is 12.0 Å². The quantitative estimate of drug-likeness (QED) is 0.853. The predicted octanol–water partition coefficient (Wildman–Crippen LogP) is 2.52. The third-order valence-corrected chi connectivity index (χ3v) is 4.54. The normalized spacial score (nSPS) is 21.3. The highest BCUT2D eigenvalue weighted by Crippen LogP contribution is 2.18. The maximum absolute atomic E-state index is 12.2. The molecule has 2 unspecified atom stereocenters. The van der Waals surface area contributed by atoms with Gasteiger partial charge in [0.1, 0.15) is 0 Å². The maximum atomic E-state index is 12.2. The minimum Gasteiger partial charge on any atom is -0.349 e. The summed E-state index contributed by atoms with van der Waals surface area (Å²) in [6.07, 6.45) is 9.63. The fourth-order valence-electron chi connectivity index (χ4n) is 3.19. The molecule has 5 heteroatoms. The average molecular weight is 336 g/mol. The first-order valence-corrected chi connectivity index (χ1v) is 8.71. The highest BCUT2D eigenvalue weighted by molar-refractivity contribution is 5.91. The molecule has 0 aliphatic carbocycles. The Morgan fingerprint density at radius 2 is 2.24 bits per heavy atom. The summed E-state index contributed by atoms with van der Waals surface area (Å²) in [4.78, 5) is 23.0. The van der Waals surface area contributed by atoms with Crippen LogP contribution in [0.5, 0.6) is 0 Å². The molecule has 25 heavy (non-hydrogen) atoms. The first kappa shape index (κ1) is 17.3. The van der Waals surface area contributed by atoms with E-state index >= 15 is 0 Å². The van der Waals surface area contributed by atoms with Crippen molar-refractivity contribution in [1.29, 1.82) is 0 Å². The van der Waals surface area contributed by atoms with Crippen molar-refractivity contribution in [1.82, 2.24) is 20.2 Å². The summed E-state index contributed by atoms with van der Waals surface area (Å²) in [5, 5.41) is 3.13. The van der Waals surface area contributed by atoms with Gasteiger partial charge < -0.3 is 5.32 Å². The lowest BCUT2D eigenvalue weighted by molar-refractivity contribution is -0.117. The van der Waals surface area contributed by atoms with E-state index in [2.05, 4.69) is 33.2 Å². The smallest absolute Gasteiger partial charge is 0.244 e. The number of rotatable bonds is 5. The Morgan fingerprint density at radius 3 is 2.96 bits per heavy atom. The van der Waals surface area contributed by atoms with Crippen LogP contribution in [0.3, 0.4) is 0 Å². The number of pyridine rings is 2. The fraction of sp³-hybridized carbons (Fsp3) is 0.350. The van der Waals surface area contributed by atoms with E-state index in [0.717, 1.165) is 37.3 Å². The van der Waals surface area contributed by atoms with E-state index < -0.39 is 0 Å². The van der Waals surface area contributed by atoms with E-state index in [1.54, 1.807) is 24.5 Å². The summed E-state index contributed by atoms with van der Waals surface area (Å²) in [5.41, 5.74) is 2.02. The topological polar surface area (TPSA) is 58.1 Å². The number of amides is 1. The van der Waals surface area contributed by atoms with Crippen molar-refractivity contribution in [3.05, 3.63) is 66.3 Å². The number of aromatic nitrogens is 2. The molecule has 1 amide bonds. The molecular formula is C20H24N4O. The van der Waals surface area contributed by atoms with Crippen molar-refractivity contribution in [2.45, 2.75) is 25.9 Å². The van der Waals surface area contributed by atoms with Gasteiger partial charge in [0.25, 0.3) is 0 Å². The van der Waals surface area contributed by atoms with Crippen LogP contribution in [0.15, 0.2) is 55.0 Å². The van der Waals surface area contributed by atoms with Gasteiger partial charge in [-0.05, 0) is 42.2 Å². The third kappa shape index (κ3) is 5.22. The van der Waals surface area contributed by atoms with Crippen LogP contribution in [0.25, 0.3) is 6.08 Å². The second-order valence-electron chi connectivity index (χ2n) is 6.56. The molecule has 0 bridgehead atoms. The van der Waals surface area contributed by atoms with Gasteiger partial charge in [-0.2, -0.15) is 0 Å². The molecule has 2 aromatic rings. The summed E-state index contributed by atoms with van der Waals surface area (Å²) in [6, 6.07) is 10.0. The molecule has 1 saturated heterocycles. The van der Waals surface area contributed by atoms with Gasteiger partial charge in [-0.3, -0.25) is 19.7 Å². The maximum Gasteiger partial charge on any atom is 0.244 e. The lowest BCUT2D eigenvalue weighted by Gasteiger charge is -2.37. The van der Waals surface area contributed by atoms with Crippen LogP contribution in [-0.2, 0) is 11.3 Å². The van der Waals surface area contributed by atoms with Crippen LogP contribution in [0.4, 0.5) is 0 Å². The zero-order chi connectivity index (χ0) is 17.5. The van der Waals surface area contributed by atoms with E-state index in [9.17, 15) is 4.79 Å². The number of nitrogens with one attached hydrogen (secondary N) is 1. The van der Waals surface area contributed by atoms with E-state index in [0.29, 0.717) is 5.92 Å². The summed E-state index contributed by atoms with van der Waals surface area (Å²) in [5.74, 6) is 0.368. The van der Waals surface area contributed by atoms with E-state index in [1.165, 1.54) is 0 Å². The molecule has 0 aromatic carbocycles. The molecule has 1 aliphatic heterocycles. The summed E-state index contributed by atoms with van der Waals surface area (Å²) in [7, 11) is 0. The molecule has 130 valence electrons. The number of piperidine rings is 1. The lowest BCUT2D eigenvalue weighted by Crippen LogP contribution is -2.49. The summed E-state index contributed by atoms with van der Waals surface area (Å²) >= 11 is 0. The van der Waals surface area contributed by atoms with Gasteiger partial charge in [-0.1, -0.05) is 19.1 Å². The Kier molecular flexibility index (Phi) is 5.90. The van der Waals surface area contributed by atoms with Crippen LogP contribution >= 0.6 is 0 Å². The fourth-order valence-corrected chi connectivity index (χ4v) is 3.19. The van der Waals surface area contributed by atoms with Crippen molar-refractivity contribution < 1.29 is 4.79 Å². The van der Waals surface area contributed by atoms with Crippen molar-refractivity contribution in [2.75, 3.05) is 13.1 Å². The van der Waals surface area contributed by atoms with Gasteiger partial charge in [-0.25, -0.2) is 0 Å². The van der Waals surface area contributed by atoms with Crippen molar-refractivity contribution in [2.24, 2.45) is 5.92 Å². The number of likely N-dealkylation sites (tertiary alicyclic amines) is 1. The van der Waals surface area contributed by atoms with E-state index in [4.69, 9.17) is 0 Å². The lowest BCUT2D eigenvalue weighted by atomic mass is 9.93. The molecule has 0 radical (unpaired) electrons. The van der Waals surface area contributed by atoms with Crippen LogP contribution < -0.4 is 5.32 Å². The van der Waals surface area contributed by atoms with E-state index in [1.807, 2.05) is 30.5 Å². The predicted molar refractivity (Wildman–Crippen MR) is 98.5 cm³/mol. The monoisotopic (exact) mass is 336 g/mol. The van der Waals surface area contributed by atoms with Gasteiger partial charge in [0.15, 0.2) is 0 Å². The molecule has 0 saturated carbocycles. The number of hydrogen-bond donors (Lipinski definition) is 1. The second-order valence-corrected chi connectivity index (χ2v) is 6.56. The van der Waals surface area contributed by atoms with E-state index in [-0.39, 0.29) is 11.9 Å². The molecule has 5 nitrogen and oxygen atoms in total. The minimum absolute atomic E-state index is 0.0427. The first-order chi connectivity index (χ1) is 12.2. The number of carbonyl (C=O) groups excluding carboxylic acids is 1. The number of hydrogen-bond acceptors (Lipinski definition) is 4. The molecule has 2 atom stereocenters. The first-order valence-electron chi connectivity index (χ1n) is 8.71. The Balaban J connectivity index is 1.48. The SMILES string of the molecule is CC1CN(Cc2ccccn2)CCC1NC(=O)/C=C/c1cccnc1. The third-order valence-electron chi connectivity index (χ3n) is 4.54. The zero-order valence-electron chi connectivity index (χ0n) is 14.5. The minimum atomic E-state index is -0.0427. The standard InChI is InChI=1S/C20H24N4O/c1-16-14-24(15-18-6-2-3-11-22-18)12-9-19(16)23-20(25)8-7-17-5-4-10-21-13-17/h2-8,10-11,13,16,19H,9,12,14-15H2,1H3,(H,23,25)/b8-7+. The number of nitrogens with zero attached hydrogens (tertiary/aromatic N) is 3. The van der Waals surface area contributed by atoms with Crippen LogP contribution in [0.1, 0.15) is 24.6 Å². The molecule has 0 spiro atoms. The molecule has 1 fully saturated rings. The Labute approximate surface area is 148 Å². The molecule has 3 heterocycles. The number of carbonyl (C=O) groups is 1. The van der Waals surface area contributed by atoms with Gasteiger partial charge in [-0.15, -0.1) is 0 Å². The molecule has 1 aliphatic rings. The van der Waals surface area contributed by atoms with Crippen molar-refractivity contribution in [3.63, 3.8) is 0 Å². The molecule has 1 N–H and O–H groups in total. The Bertz CT molecular complexity index is 702. The second kappa shape index (κ2) is 8.53. The Morgan fingerprint density at radius 1 is 1.32 bits per heavy atom. The molecule has 3 rings (SSSR count). The summed E-state index contributed by atoms with van der Waals surface area (Å²) < 4.78 is 0. The van der Waals surface area contributed by atoms with Crippen LogP contribution in [0.2, 0.25) is 0 Å². The largest absolute Gasteiger partial charge is 0.349 e. The molecular weight excluding hydrogens is 312 g/mol. The van der Waals surface area contributed by atoms with Gasteiger partial charge in [0.05, 0.1) is 5.69 Å². The molecule has 2 aromatic heterocycles. The van der Waals surface area contributed by atoms with Gasteiger partial charge >= 0.3 is 0 Å². The zero-order valence-corrected chi connectivity index (χ0v) is 14.5. The van der Waals surface area contributed by atoms with Gasteiger partial charge in [0, 0.05) is 50.3 Å². The van der Waals surface area contributed by atoms with Crippen LogP contribution in [0, 0.1) is 5.92 Å². The highest BCUT2D eigenvalue weighted by atomic mass is 16.1. The Hall–Kier alpha value is -2.53. The highest BCUT2D eigenvalue weighted by Gasteiger charge is 2.26. The average Bonchev–Trinajstić information content (AvgIpc) is 2.64.